The van der Waals surface area contributed by atoms with Crippen molar-refractivity contribution in [2.45, 2.75) is 32.7 Å². The maximum absolute atomic E-state index is 12.7. The van der Waals surface area contributed by atoms with Crippen molar-refractivity contribution in [2.75, 3.05) is 30.3 Å². The zero-order valence-electron chi connectivity index (χ0n) is 17.6. The van der Waals surface area contributed by atoms with Crippen molar-refractivity contribution in [3.05, 3.63) is 53.6 Å². The first kappa shape index (κ1) is 22.0. The first-order chi connectivity index (χ1) is 14.3. The summed E-state index contributed by atoms with van der Waals surface area (Å²) in [6, 6.07) is 12.3. The lowest BCUT2D eigenvalue weighted by atomic mass is 10.1. The summed E-state index contributed by atoms with van der Waals surface area (Å²) in [5.74, 6) is 0.684. The van der Waals surface area contributed by atoms with Crippen molar-refractivity contribution in [1.29, 1.82) is 0 Å². The Morgan fingerprint density at radius 1 is 1.10 bits per heavy atom. The molecule has 0 aliphatic carbocycles. The van der Waals surface area contributed by atoms with Crippen molar-refractivity contribution in [3.63, 3.8) is 0 Å². The first-order valence-corrected chi connectivity index (χ1v) is 11.8. The third-order valence-electron chi connectivity index (χ3n) is 4.93. The third kappa shape index (κ3) is 5.44. The van der Waals surface area contributed by atoms with Gasteiger partial charge in [-0.05, 0) is 44.4 Å². The Morgan fingerprint density at radius 3 is 2.43 bits per heavy atom. The normalized spacial score (nSPS) is 14.1. The third-order valence-corrected chi connectivity index (χ3v) is 6.17. The van der Waals surface area contributed by atoms with Gasteiger partial charge in [0.15, 0.2) is 11.5 Å². The lowest BCUT2D eigenvalue weighted by molar-refractivity contribution is -0.121. The van der Waals surface area contributed by atoms with E-state index in [1.807, 2.05) is 6.92 Å². The van der Waals surface area contributed by atoms with Crippen LogP contribution in [0.3, 0.4) is 0 Å². The molecule has 1 aliphatic rings. The van der Waals surface area contributed by atoms with Gasteiger partial charge in [-0.25, -0.2) is 8.42 Å². The minimum Gasteiger partial charge on any atom is -0.486 e. The molecule has 2 aromatic carbocycles. The standard InChI is InChI=1S/C22H28N2O5S/c1-16-6-8-18(9-7-16)5-4-12-23-22(25)17(2)24(30(3,26)27)19-10-11-20-21(15-19)29-14-13-28-20/h6-11,15,17H,4-5,12-14H2,1-3H3,(H,23,25)/t17-/m0/s1. The number of nitrogens with one attached hydrogen (secondary N) is 1. The maximum Gasteiger partial charge on any atom is 0.243 e. The van der Waals surface area contributed by atoms with E-state index in [1.54, 1.807) is 25.1 Å². The van der Waals surface area contributed by atoms with Gasteiger partial charge >= 0.3 is 0 Å². The van der Waals surface area contributed by atoms with Gasteiger partial charge in [-0.15, -0.1) is 0 Å². The Morgan fingerprint density at radius 2 is 1.77 bits per heavy atom. The Kier molecular flexibility index (Phi) is 6.87. The molecule has 162 valence electrons. The molecule has 30 heavy (non-hydrogen) atoms. The molecule has 3 rings (SSSR count). The summed E-state index contributed by atoms with van der Waals surface area (Å²) >= 11 is 0. The number of aryl methyl sites for hydroxylation is 2. The number of ether oxygens (including phenoxy) is 2. The second-order valence-electron chi connectivity index (χ2n) is 7.44. The molecular weight excluding hydrogens is 404 g/mol. The van der Waals surface area contributed by atoms with Crippen molar-refractivity contribution in [3.8, 4) is 11.5 Å². The quantitative estimate of drug-likeness (QED) is 0.649. The van der Waals surface area contributed by atoms with Crippen LogP contribution in [0, 0.1) is 6.92 Å². The maximum atomic E-state index is 12.7. The van der Waals surface area contributed by atoms with Gasteiger partial charge in [-0.3, -0.25) is 9.10 Å². The molecular formula is C22H28N2O5S. The number of amides is 1. The average molecular weight is 433 g/mol. The molecule has 7 nitrogen and oxygen atoms in total. The molecule has 1 heterocycles. The zero-order valence-corrected chi connectivity index (χ0v) is 18.4. The SMILES string of the molecule is Cc1ccc(CCCNC(=O)[C@H](C)N(c2ccc3c(c2)OCCO3)S(C)(=O)=O)cc1. The summed E-state index contributed by atoms with van der Waals surface area (Å²) in [7, 11) is -3.69. The van der Waals surface area contributed by atoms with Crippen LogP contribution in [0.25, 0.3) is 0 Å². The van der Waals surface area contributed by atoms with E-state index in [1.165, 1.54) is 11.1 Å². The largest absolute Gasteiger partial charge is 0.486 e. The minimum atomic E-state index is -3.69. The van der Waals surface area contributed by atoms with Crippen LogP contribution in [0.5, 0.6) is 11.5 Å². The summed E-state index contributed by atoms with van der Waals surface area (Å²) in [4.78, 5) is 12.7. The summed E-state index contributed by atoms with van der Waals surface area (Å²) in [5, 5.41) is 2.85. The fourth-order valence-electron chi connectivity index (χ4n) is 3.38. The van der Waals surface area contributed by atoms with Gasteiger partial charge in [-0.2, -0.15) is 0 Å². The number of nitrogens with zero attached hydrogens (tertiary/aromatic N) is 1. The first-order valence-electron chi connectivity index (χ1n) is 9.98. The summed E-state index contributed by atoms with van der Waals surface area (Å²) < 4.78 is 37.1. The van der Waals surface area contributed by atoms with Gasteiger partial charge in [0.2, 0.25) is 15.9 Å². The topological polar surface area (TPSA) is 84.9 Å². The van der Waals surface area contributed by atoms with Gasteiger partial charge in [0, 0.05) is 12.6 Å². The Labute approximate surface area is 178 Å². The molecule has 2 aromatic rings. The van der Waals surface area contributed by atoms with E-state index < -0.39 is 16.1 Å². The highest BCUT2D eigenvalue weighted by atomic mass is 32.2. The molecule has 0 bridgehead atoms. The number of benzene rings is 2. The fourth-order valence-corrected chi connectivity index (χ4v) is 4.55. The molecule has 0 saturated carbocycles. The Bertz CT molecular complexity index is 989. The van der Waals surface area contributed by atoms with Crippen molar-refractivity contribution >= 4 is 21.6 Å². The van der Waals surface area contributed by atoms with Gasteiger partial charge in [0.1, 0.15) is 19.3 Å². The molecule has 0 unspecified atom stereocenters. The van der Waals surface area contributed by atoms with E-state index in [9.17, 15) is 13.2 Å². The van der Waals surface area contributed by atoms with E-state index in [0.717, 1.165) is 23.4 Å². The number of carbonyl (C=O) groups excluding carboxylic acids is 1. The van der Waals surface area contributed by atoms with Crippen LogP contribution in [0.4, 0.5) is 5.69 Å². The van der Waals surface area contributed by atoms with Crippen LogP contribution in [-0.4, -0.2) is 46.4 Å². The van der Waals surface area contributed by atoms with Gasteiger partial charge < -0.3 is 14.8 Å². The van der Waals surface area contributed by atoms with Crippen molar-refractivity contribution in [2.24, 2.45) is 0 Å². The molecule has 0 aromatic heterocycles. The van der Waals surface area contributed by atoms with Crippen LogP contribution in [0.15, 0.2) is 42.5 Å². The van der Waals surface area contributed by atoms with E-state index in [0.29, 0.717) is 36.9 Å². The summed E-state index contributed by atoms with van der Waals surface area (Å²) in [5.41, 5.74) is 2.78. The second-order valence-corrected chi connectivity index (χ2v) is 9.30. The van der Waals surface area contributed by atoms with Crippen LogP contribution in [0.2, 0.25) is 0 Å². The molecule has 0 saturated heterocycles. The van der Waals surface area contributed by atoms with Gasteiger partial charge in [0.25, 0.3) is 0 Å². The van der Waals surface area contributed by atoms with E-state index in [-0.39, 0.29) is 5.91 Å². The van der Waals surface area contributed by atoms with Gasteiger partial charge in [-0.1, -0.05) is 29.8 Å². The molecule has 0 fully saturated rings. The van der Waals surface area contributed by atoms with Gasteiger partial charge in [0.05, 0.1) is 11.9 Å². The van der Waals surface area contributed by atoms with Crippen LogP contribution in [0.1, 0.15) is 24.5 Å². The lowest BCUT2D eigenvalue weighted by Gasteiger charge is -2.29. The van der Waals surface area contributed by atoms with Crippen LogP contribution >= 0.6 is 0 Å². The molecule has 0 spiro atoms. The monoisotopic (exact) mass is 432 g/mol. The lowest BCUT2D eigenvalue weighted by Crippen LogP contribution is -2.48. The molecule has 1 N–H and O–H groups in total. The molecule has 1 amide bonds. The predicted octanol–water partition coefficient (Wildman–Crippen LogP) is 2.67. The van der Waals surface area contributed by atoms with Crippen LogP contribution < -0.4 is 19.1 Å². The zero-order chi connectivity index (χ0) is 21.7. The second kappa shape index (κ2) is 9.38. The molecule has 0 radical (unpaired) electrons. The molecule has 1 aliphatic heterocycles. The van der Waals surface area contributed by atoms with E-state index >= 15 is 0 Å². The highest BCUT2D eigenvalue weighted by molar-refractivity contribution is 7.92. The number of hydrogen-bond donors (Lipinski definition) is 1. The smallest absolute Gasteiger partial charge is 0.243 e. The number of fused-ring (bicyclic) bond motifs is 1. The average Bonchev–Trinajstić information content (AvgIpc) is 2.71. The number of anilines is 1. The number of sulfonamides is 1. The van der Waals surface area contributed by atoms with Crippen molar-refractivity contribution in [1.82, 2.24) is 5.32 Å². The fraction of sp³-hybridized carbons (Fsp3) is 0.409. The number of hydrogen-bond acceptors (Lipinski definition) is 5. The van der Waals surface area contributed by atoms with E-state index in [4.69, 9.17) is 9.47 Å². The predicted molar refractivity (Wildman–Crippen MR) is 117 cm³/mol. The molecule has 1 atom stereocenters. The Balaban J connectivity index is 1.64. The highest BCUT2D eigenvalue weighted by Gasteiger charge is 2.30. The summed E-state index contributed by atoms with van der Waals surface area (Å²) in [6.07, 6.45) is 2.70. The minimum absolute atomic E-state index is 0.348. The Hall–Kier alpha value is -2.74. The van der Waals surface area contributed by atoms with Crippen LogP contribution in [-0.2, 0) is 21.2 Å². The summed E-state index contributed by atoms with van der Waals surface area (Å²) in [6.45, 7) is 4.93. The molecule has 8 heteroatoms. The van der Waals surface area contributed by atoms with Crippen molar-refractivity contribution < 1.29 is 22.7 Å². The van der Waals surface area contributed by atoms with E-state index in [2.05, 4.69) is 29.6 Å². The highest BCUT2D eigenvalue weighted by Crippen LogP contribution is 2.35. The number of carbonyl (C=O) groups is 1. The number of rotatable bonds is 8.